The molecule has 2 aromatic heterocycles. The number of hydrogen-bond acceptors (Lipinski definition) is 9. The van der Waals surface area contributed by atoms with Gasteiger partial charge in [0, 0.05) is 29.8 Å². The molecular weight excluding hydrogens is 504 g/mol. The number of aliphatic carboxylic acids is 1. The number of carbonyl (C=O) groups excluding carboxylic acids is 2. The number of aromatic nitrogens is 2. The zero-order valence-electron chi connectivity index (χ0n) is 19.7. The van der Waals surface area contributed by atoms with Crippen molar-refractivity contribution in [3.63, 3.8) is 0 Å². The number of nitrogens with zero attached hydrogens (tertiary/aromatic N) is 4. The lowest BCUT2D eigenvalue weighted by Crippen LogP contribution is -2.64. The molecule has 3 N–H and O–H groups in total. The Labute approximate surface area is 213 Å². The van der Waals surface area contributed by atoms with Crippen LogP contribution in [0.4, 0.5) is 5.69 Å². The lowest BCUT2D eigenvalue weighted by molar-refractivity contribution is -0.384. The van der Waals surface area contributed by atoms with E-state index >= 15 is 0 Å². The maximum atomic E-state index is 13.0. The van der Waals surface area contributed by atoms with Crippen molar-refractivity contribution in [2.75, 3.05) is 6.61 Å². The average molecular weight is 527 g/mol. The highest BCUT2D eigenvalue weighted by atomic mass is 32.1. The minimum atomic E-state index is -1.30. The number of aliphatic hydroxyl groups is 2. The summed E-state index contributed by atoms with van der Waals surface area (Å²) in [5, 5.41) is 40.9. The van der Waals surface area contributed by atoms with Gasteiger partial charge in [0.25, 0.3) is 5.69 Å². The normalized spacial score (nSPS) is 21.8. The van der Waals surface area contributed by atoms with E-state index in [9.17, 15) is 39.8 Å². The Morgan fingerprint density at radius 2 is 1.95 bits per heavy atom. The van der Waals surface area contributed by atoms with E-state index in [0.717, 1.165) is 11.3 Å². The highest BCUT2D eigenvalue weighted by Crippen LogP contribution is 2.53. The molecule has 12 nitrogen and oxygen atoms in total. The minimum absolute atomic E-state index is 0.0693. The summed E-state index contributed by atoms with van der Waals surface area (Å²) in [6.45, 7) is 2.43. The molecule has 1 amide bonds. The number of nitro groups is 1. The van der Waals surface area contributed by atoms with E-state index in [1.54, 1.807) is 29.7 Å². The number of carbonyl (C=O) groups is 3. The van der Waals surface area contributed by atoms with Crippen LogP contribution < -0.4 is 0 Å². The maximum Gasteiger partial charge on any atom is 0.352 e. The number of benzene rings is 1. The zero-order valence-corrected chi connectivity index (χ0v) is 20.5. The Morgan fingerprint density at radius 1 is 1.27 bits per heavy atom. The molecule has 2 aliphatic heterocycles. The van der Waals surface area contributed by atoms with Crippen LogP contribution in [0.3, 0.4) is 0 Å². The molecule has 0 saturated carbocycles. The van der Waals surface area contributed by atoms with E-state index < -0.39 is 53.2 Å². The molecule has 0 radical (unpaired) electrons. The van der Waals surface area contributed by atoms with E-state index in [1.165, 1.54) is 24.0 Å². The van der Waals surface area contributed by atoms with Crippen LogP contribution in [0.5, 0.6) is 0 Å². The molecule has 13 heteroatoms. The molecule has 192 valence electrons. The van der Waals surface area contributed by atoms with Gasteiger partial charge in [0.05, 0.1) is 27.9 Å². The second-order valence-corrected chi connectivity index (χ2v) is 10.2. The Bertz CT molecular complexity index is 1500. The van der Waals surface area contributed by atoms with Gasteiger partial charge in [-0.3, -0.25) is 24.1 Å². The topological polar surface area (TPSA) is 176 Å². The van der Waals surface area contributed by atoms with Crippen LogP contribution in [0.2, 0.25) is 0 Å². The quantitative estimate of drug-likeness (QED) is 0.171. The van der Waals surface area contributed by atoms with Gasteiger partial charge in [-0.05, 0) is 25.8 Å². The smallest absolute Gasteiger partial charge is 0.352 e. The maximum absolute atomic E-state index is 13.0. The number of aryl methyl sites for hydroxylation is 1. The number of hydrogen-bond donors (Lipinski definition) is 3. The zero-order chi connectivity index (χ0) is 26.8. The monoisotopic (exact) mass is 526 g/mol. The van der Waals surface area contributed by atoms with Crippen molar-refractivity contribution < 1.29 is 34.6 Å². The first kappa shape index (κ1) is 24.7. The van der Waals surface area contributed by atoms with Gasteiger partial charge >= 0.3 is 5.97 Å². The van der Waals surface area contributed by atoms with Crippen LogP contribution in [-0.2, 0) is 16.0 Å². The molecule has 1 unspecified atom stereocenters. The number of ketones is 1. The number of thiazole rings is 1. The van der Waals surface area contributed by atoms with Gasteiger partial charge < -0.3 is 20.2 Å². The molecule has 5 rings (SSSR count). The Morgan fingerprint density at radius 3 is 2.51 bits per heavy atom. The summed E-state index contributed by atoms with van der Waals surface area (Å²) in [7, 11) is 0. The summed E-state index contributed by atoms with van der Waals surface area (Å²) in [6.07, 6.45) is 0.904. The number of carboxylic acids is 1. The summed E-state index contributed by atoms with van der Waals surface area (Å²) in [5.74, 6) is -3.25. The molecule has 2 aliphatic rings. The van der Waals surface area contributed by atoms with Crippen LogP contribution in [0.25, 0.3) is 10.4 Å². The predicted molar refractivity (Wildman–Crippen MR) is 130 cm³/mol. The summed E-state index contributed by atoms with van der Waals surface area (Å²) in [6, 6.07) is 5.27. The van der Waals surface area contributed by atoms with Crippen molar-refractivity contribution >= 4 is 45.1 Å². The Kier molecular flexibility index (Phi) is 5.93. The molecule has 4 atom stereocenters. The molecule has 4 heterocycles. The number of imidazole rings is 1. The third kappa shape index (κ3) is 3.74. The van der Waals surface area contributed by atoms with Crippen LogP contribution in [0.1, 0.15) is 33.7 Å². The third-order valence-corrected chi connectivity index (χ3v) is 8.09. The molecule has 0 aliphatic carbocycles. The number of fused-ring (bicyclic) bond motifs is 2. The average Bonchev–Trinajstić information content (AvgIpc) is 3.48. The summed E-state index contributed by atoms with van der Waals surface area (Å²) >= 11 is 1.13. The Balaban J connectivity index is 1.66. The van der Waals surface area contributed by atoms with Crippen molar-refractivity contribution in [2.45, 2.75) is 32.4 Å². The fraction of sp³-hybridized carbons (Fsp3) is 0.333. The van der Waals surface area contributed by atoms with Crippen LogP contribution in [0.15, 0.2) is 36.2 Å². The van der Waals surface area contributed by atoms with Crippen molar-refractivity contribution in [1.82, 2.24) is 14.3 Å². The van der Waals surface area contributed by atoms with Crippen molar-refractivity contribution in [3.05, 3.63) is 68.2 Å². The second-order valence-electron chi connectivity index (χ2n) is 9.13. The predicted octanol–water partition coefficient (Wildman–Crippen LogP) is 1.66. The van der Waals surface area contributed by atoms with Crippen LogP contribution in [0, 0.1) is 28.9 Å². The van der Waals surface area contributed by atoms with Crippen molar-refractivity contribution in [1.29, 1.82) is 0 Å². The number of amides is 1. The molecule has 1 saturated heterocycles. The van der Waals surface area contributed by atoms with Gasteiger partial charge in [0.2, 0.25) is 11.7 Å². The van der Waals surface area contributed by atoms with E-state index in [-0.39, 0.29) is 23.5 Å². The highest BCUT2D eigenvalue weighted by Gasteiger charge is 2.61. The van der Waals surface area contributed by atoms with Gasteiger partial charge in [-0.15, -0.1) is 11.3 Å². The SMILES string of the molecule is Cc1nc(C(=O)CO)c2sc(C3=C(C(=O)O)N4C(=O)[C@H]([C@@H](C)O)[C@H]4C3Cc3ccc([N+](=O)[O-])cc3)cn12. The first-order chi connectivity index (χ1) is 17.5. The lowest BCUT2D eigenvalue weighted by Gasteiger charge is -2.47. The van der Waals surface area contributed by atoms with Gasteiger partial charge in [0.15, 0.2) is 0 Å². The fourth-order valence-corrected chi connectivity index (χ4v) is 6.60. The number of aliphatic hydroxyl groups excluding tert-OH is 2. The molecular formula is C24H22N4O8S. The van der Waals surface area contributed by atoms with Gasteiger partial charge in [-0.1, -0.05) is 12.1 Å². The van der Waals surface area contributed by atoms with Gasteiger partial charge in [-0.2, -0.15) is 0 Å². The molecule has 3 aromatic rings. The standard InChI is InChI=1S/C24H22N4O8S/c1-10(30)17-20-14(7-12-3-5-13(6-4-12)28(35)36)18(21(24(33)34)27(20)22(17)32)16-8-26-11(2)25-19(15(31)9-29)23(26)37-16/h3-6,8,10,14,17,20,29-30H,7,9H2,1-2H3,(H,33,34)/t10-,14?,17-,20-/m1/s1. The first-order valence-corrected chi connectivity index (χ1v) is 12.2. The van der Waals surface area contributed by atoms with E-state index in [2.05, 4.69) is 4.98 Å². The van der Waals surface area contributed by atoms with E-state index in [0.29, 0.717) is 26.7 Å². The molecule has 1 aromatic carbocycles. The minimum Gasteiger partial charge on any atom is -0.477 e. The van der Waals surface area contributed by atoms with Gasteiger partial charge in [-0.25, -0.2) is 9.78 Å². The first-order valence-electron chi connectivity index (χ1n) is 11.4. The van der Waals surface area contributed by atoms with Gasteiger partial charge in [0.1, 0.15) is 28.7 Å². The number of rotatable bonds is 8. The van der Waals surface area contributed by atoms with E-state index in [1.807, 2.05) is 0 Å². The fourth-order valence-electron chi connectivity index (χ4n) is 5.34. The van der Waals surface area contributed by atoms with Crippen LogP contribution in [-0.4, -0.2) is 70.9 Å². The number of nitro benzene ring substituents is 1. The molecule has 0 spiro atoms. The van der Waals surface area contributed by atoms with Crippen molar-refractivity contribution in [3.8, 4) is 0 Å². The summed E-state index contributed by atoms with van der Waals surface area (Å²) in [5.41, 5.74) is 0.865. The van der Waals surface area contributed by atoms with E-state index in [4.69, 9.17) is 0 Å². The third-order valence-electron chi connectivity index (χ3n) is 6.96. The van der Waals surface area contributed by atoms with Crippen LogP contribution >= 0.6 is 11.3 Å². The summed E-state index contributed by atoms with van der Waals surface area (Å²) in [4.78, 5) is 54.6. The molecule has 1 fully saturated rings. The van der Waals surface area contributed by atoms with Crippen molar-refractivity contribution in [2.24, 2.45) is 11.8 Å². The number of carboxylic acid groups (broad SMARTS) is 1. The lowest BCUT2D eigenvalue weighted by atomic mass is 9.74. The molecule has 37 heavy (non-hydrogen) atoms. The number of Topliss-reactive ketones (excluding diaryl/α,β-unsaturated/α-hetero) is 1. The second kappa shape index (κ2) is 8.87. The largest absolute Gasteiger partial charge is 0.477 e. The number of non-ortho nitro benzene ring substituents is 1. The highest BCUT2D eigenvalue weighted by molar-refractivity contribution is 7.18. The molecule has 0 bridgehead atoms. The number of β-lactam (4-membered cyclic amide) rings is 1. The summed E-state index contributed by atoms with van der Waals surface area (Å²) < 4.78 is 1.64. The Hall–Kier alpha value is -3.94.